The number of aliphatic hydroxyl groups is 1. The number of benzene rings is 1. The summed E-state index contributed by atoms with van der Waals surface area (Å²) in [6.45, 7) is 7.20. The Bertz CT molecular complexity index is 605. The molecule has 128 valence electrons. The van der Waals surface area contributed by atoms with Crippen LogP contribution in [-0.4, -0.2) is 58.7 Å². The van der Waals surface area contributed by atoms with Gasteiger partial charge >= 0.3 is 0 Å². The number of rotatable bonds is 6. The number of pyridine rings is 1. The van der Waals surface area contributed by atoms with Crippen LogP contribution in [-0.2, 0) is 6.42 Å². The van der Waals surface area contributed by atoms with Crippen molar-refractivity contribution in [1.29, 1.82) is 0 Å². The van der Waals surface area contributed by atoms with E-state index in [2.05, 4.69) is 33.8 Å². The van der Waals surface area contributed by atoms with Crippen molar-refractivity contribution in [3.05, 3.63) is 66.0 Å². The first-order chi connectivity index (χ1) is 11.7. The van der Waals surface area contributed by atoms with Gasteiger partial charge in [-0.2, -0.15) is 0 Å². The maximum absolute atomic E-state index is 10.4. The van der Waals surface area contributed by atoms with Crippen molar-refractivity contribution in [3.63, 3.8) is 0 Å². The van der Waals surface area contributed by atoms with E-state index >= 15 is 0 Å². The molecule has 2 atom stereocenters. The van der Waals surface area contributed by atoms with Crippen LogP contribution in [0.5, 0.6) is 0 Å². The Morgan fingerprint density at radius 2 is 1.88 bits per heavy atom. The third kappa shape index (κ3) is 4.63. The number of aliphatic hydroxyl groups excluding tert-OH is 1. The van der Waals surface area contributed by atoms with E-state index < -0.39 is 6.10 Å². The molecule has 1 aliphatic rings. The molecule has 0 saturated carbocycles. The van der Waals surface area contributed by atoms with E-state index in [1.165, 1.54) is 5.56 Å². The van der Waals surface area contributed by atoms with Gasteiger partial charge in [-0.3, -0.25) is 9.88 Å². The van der Waals surface area contributed by atoms with Gasteiger partial charge in [-0.15, -0.1) is 0 Å². The third-order valence-electron chi connectivity index (χ3n) is 4.91. The standard InChI is InChI=1S/C20H27N3O/c1-17-15-22(12-9-18-7-10-21-11-8-18)13-14-23(17)16-20(24)19-5-3-2-4-6-19/h2-8,10-11,17,20,24H,9,12-16H2,1H3/t17-,20-/m1/s1. The van der Waals surface area contributed by atoms with Crippen LogP contribution >= 0.6 is 0 Å². The number of hydrogen-bond acceptors (Lipinski definition) is 4. The average molecular weight is 325 g/mol. The van der Waals surface area contributed by atoms with E-state index in [4.69, 9.17) is 0 Å². The summed E-state index contributed by atoms with van der Waals surface area (Å²) >= 11 is 0. The number of piperazine rings is 1. The average Bonchev–Trinajstić information content (AvgIpc) is 2.63. The van der Waals surface area contributed by atoms with Crippen LogP contribution in [0.3, 0.4) is 0 Å². The van der Waals surface area contributed by atoms with Crippen LogP contribution in [0, 0.1) is 0 Å². The molecule has 0 amide bonds. The lowest BCUT2D eigenvalue weighted by atomic mass is 10.1. The molecule has 1 aliphatic heterocycles. The summed E-state index contributed by atoms with van der Waals surface area (Å²) in [6, 6.07) is 14.6. The Morgan fingerprint density at radius 3 is 2.58 bits per heavy atom. The molecule has 0 bridgehead atoms. The minimum atomic E-state index is -0.406. The van der Waals surface area contributed by atoms with Gasteiger partial charge in [0.05, 0.1) is 6.10 Å². The van der Waals surface area contributed by atoms with Crippen LogP contribution in [0.1, 0.15) is 24.2 Å². The van der Waals surface area contributed by atoms with Gasteiger partial charge in [0.1, 0.15) is 0 Å². The molecule has 0 aliphatic carbocycles. The molecule has 4 heteroatoms. The van der Waals surface area contributed by atoms with Gasteiger partial charge in [0.2, 0.25) is 0 Å². The first-order valence-electron chi connectivity index (χ1n) is 8.80. The molecule has 0 unspecified atom stereocenters. The lowest BCUT2D eigenvalue weighted by molar-refractivity contribution is 0.0393. The van der Waals surface area contributed by atoms with E-state index in [1.807, 2.05) is 42.7 Å². The highest BCUT2D eigenvalue weighted by atomic mass is 16.3. The second-order valence-electron chi connectivity index (χ2n) is 6.68. The van der Waals surface area contributed by atoms with Gasteiger partial charge in [-0.25, -0.2) is 0 Å². The minimum absolute atomic E-state index is 0.406. The van der Waals surface area contributed by atoms with E-state index in [9.17, 15) is 5.11 Å². The lowest BCUT2D eigenvalue weighted by Gasteiger charge is -2.40. The van der Waals surface area contributed by atoms with Crippen LogP contribution in [0.15, 0.2) is 54.9 Å². The van der Waals surface area contributed by atoms with Gasteiger partial charge in [-0.05, 0) is 36.6 Å². The number of aromatic nitrogens is 1. The summed E-state index contributed by atoms with van der Waals surface area (Å²) in [4.78, 5) is 9.00. The van der Waals surface area contributed by atoms with Crippen LogP contribution < -0.4 is 0 Å². The zero-order chi connectivity index (χ0) is 16.8. The van der Waals surface area contributed by atoms with E-state index in [-0.39, 0.29) is 0 Å². The summed E-state index contributed by atoms with van der Waals surface area (Å²) in [5.41, 5.74) is 2.35. The number of nitrogens with zero attached hydrogens (tertiary/aromatic N) is 3. The van der Waals surface area contributed by atoms with Crippen molar-refractivity contribution in [2.75, 3.05) is 32.7 Å². The molecule has 1 saturated heterocycles. The van der Waals surface area contributed by atoms with Crippen molar-refractivity contribution in [2.45, 2.75) is 25.5 Å². The normalized spacial score (nSPS) is 20.8. The number of β-amino-alcohol motifs (C(OH)–C–C–N with tert-alkyl or cyclic N) is 1. The summed E-state index contributed by atoms with van der Waals surface area (Å²) < 4.78 is 0. The Balaban J connectivity index is 1.46. The predicted molar refractivity (Wildman–Crippen MR) is 96.8 cm³/mol. The maximum Gasteiger partial charge on any atom is 0.0917 e. The van der Waals surface area contributed by atoms with Crippen molar-refractivity contribution >= 4 is 0 Å². The second kappa shape index (κ2) is 8.38. The van der Waals surface area contributed by atoms with E-state index in [0.29, 0.717) is 12.6 Å². The summed E-state index contributed by atoms with van der Waals surface area (Å²) in [6.07, 6.45) is 4.39. The van der Waals surface area contributed by atoms with Crippen molar-refractivity contribution in [1.82, 2.24) is 14.8 Å². The summed E-state index contributed by atoms with van der Waals surface area (Å²) in [7, 11) is 0. The fourth-order valence-corrected chi connectivity index (χ4v) is 3.38. The van der Waals surface area contributed by atoms with E-state index in [1.54, 1.807) is 0 Å². The fraction of sp³-hybridized carbons (Fsp3) is 0.450. The van der Waals surface area contributed by atoms with Crippen LogP contribution in [0.2, 0.25) is 0 Å². The SMILES string of the molecule is C[C@@H]1CN(CCc2ccncc2)CCN1C[C@@H](O)c1ccccc1. The molecule has 0 radical (unpaired) electrons. The highest BCUT2D eigenvalue weighted by Gasteiger charge is 2.25. The zero-order valence-electron chi connectivity index (χ0n) is 14.4. The quantitative estimate of drug-likeness (QED) is 0.885. The Hall–Kier alpha value is -1.75. The largest absolute Gasteiger partial charge is 0.387 e. The fourth-order valence-electron chi connectivity index (χ4n) is 3.38. The van der Waals surface area contributed by atoms with Crippen LogP contribution in [0.25, 0.3) is 0 Å². The molecular weight excluding hydrogens is 298 g/mol. The first-order valence-corrected chi connectivity index (χ1v) is 8.80. The van der Waals surface area contributed by atoms with Gasteiger partial charge in [0, 0.05) is 51.2 Å². The molecule has 0 spiro atoms. The van der Waals surface area contributed by atoms with Crippen LogP contribution in [0.4, 0.5) is 0 Å². The van der Waals surface area contributed by atoms with E-state index in [0.717, 1.165) is 38.2 Å². The van der Waals surface area contributed by atoms with Crippen molar-refractivity contribution < 1.29 is 5.11 Å². The van der Waals surface area contributed by atoms with Gasteiger partial charge < -0.3 is 10.0 Å². The predicted octanol–water partition coefficient (Wildman–Crippen LogP) is 2.36. The first kappa shape index (κ1) is 17.1. The smallest absolute Gasteiger partial charge is 0.0917 e. The molecule has 2 aromatic rings. The Morgan fingerprint density at radius 1 is 1.12 bits per heavy atom. The highest BCUT2D eigenvalue weighted by molar-refractivity contribution is 5.17. The Labute approximate surface area is 144 Å². The van der Waals surface area contributed by atoms with Crippen molar-refractivity contribution in [3.8, 4) is 0 Å². The van der Waals surface area contributed by atoms with Gasteiger partial charge in [-0.1, -0.05) is 30.3 Å². The molecule has 1 aromatic heterocycles. The summed E-state index contributed by atoms with van der Waals surface area (Å²) in [5.74, 6) is 0. The molecule has 4 nitrogen and oxygen atoms in total. The zero-order valence-corrected chi connectivity index (χ0v) is 14.4. The van der Waals surface area contributed by atoms with Crippen molar-refractivity contribution in [2.24, 2.45) is 0 Å². The minimum Gasteiger partial charge on any atom is -0.387 e. The second-order valence-corrected chi connectivity index (χ2v) is 6.68. The molecule has 3 rings (SSSR count). The van der Waals surface area contributed by atoms with Gasteiger partial charge in [0.15, 0.2) is 0 Å². The molecule has 1 aromatic carbocycles. The molecule has 2 heterocycles. The number of hydrogen-bond donors (Lipinski definition) is 1. The highest BCUT2D eigenvalue weighted by Crippen LogP contribution is 2.18. The molecule has 24 heavy (non-hydrogen) atoms. The lowest BCUT2D eigenvalue weighted by Crippen LogP contribution is -2.53. The third-order valence-corrected chi connectivity index (χ3v) is 4.91. The molecular formula is C20H27N3O. The topological polar surface area (TPSA) is 39.6 Å². The Kier molecular flexibility index (Phi) is 5.96. The molecule has 1 N–H and O–H groups in total. The monoisotopic (exact) mass is 325 g/mol. The maximum atomic E-state index is 10.4. The van der Waals surface area contributed by atoms with Gasteiger partial charge in [0.25, 0.3) is 0 Å². The molecule has 1 fully saturated rings. The summed E-state index contributed by atoms with van der Waals surface area (Å²) in [5, 5.41) is 10.4.